The highest BCUT2D eigenvalue weighted by Gasteiger charge is 2.39. The first-order valence-corrected chi connectivity index (χ1v) is 5.36. The number of rotatable bonds is 6. The lowest BCUT2D eigenvalue weighted by Gasteiger charge is -2.25. The van der Waals surface area contributed by atoms with Crippen LogP contribution >= 0.6 is 0 Å². The third-order valence-electron chi connectivity index (χ3n) is 2.99. The van der Waals surface area contributed by atoms with E-state index in [4.69, 9.17) is 15.3 Å². The van der Waals surface area contributed by atoms with Crippen LogP contribution in [0.2, 0.25) is 0 Å². The fourth-order valence-corrected chi connectivity index (χ4v) is 1.93. The normalized spacial score (nSPS) is 19.1. The molecule has 0 heterocycles. The van der Waals surface area contributed by atoms with Gasteiger partial charge in [-0.1, -0.05) is 12.8 Å². The van der Waals surface area contributed by atoms with E-state index in [-0.39, 0.29) is 5.91 Å². The number of nitrogens with two attached hydrogens (primary N) is 1. The topological polar surface area (TPSA) is 73.6 Å². The van der Waals surface area contributed by atoms with Crippen LogP contribution in [0.1, 0.15) is 25.7 Å². The molecule has 1 rings (SSSR count). The number of hydrogen-bond acceptors (Lipinski definition) is 4. The summed E-state index contributed by atoms with van der Waals surface area (Å²) in [6, 6.07) is 0. The Morgan fingerprint density at radius 2 is 2.07 bits per heavy atom. The SMILES string of the molecule is COCCONC(=O)C1(CN)CCCC1. The molecular weight excluding hydrogens is 196 g/mol. The van der Waals surface area contributed by atoms with Crippen molar-refractivity contribution < 1.29 is 14.4 Å². The van der Waals surface area contributed by atoms with Gasteiger partial charge >= 0.3 is 0 Å². The van der Waals surface area contributed by atoms with Crippen LogP contribution in [0.3, 0.4) is 0 Å². The van der Waals surface area contributed by atoms with Gasteiger partial charge in [-0.3, -0.25) is 9.63 Å². The number of carbonyl (C=O) groups excluding carboxylic acids is 1. The van der Waals surface area contributed by atoms with Crippen LogP contribution < -0.4 is 11.2 Å². The van der Waals surface area contributed by atoms with E-state index in [1.54, 1.807) is 7.11 Å². The van der Waals surface area contributed by atoms with Crippen molar-refractivity contribution >= 4 is 5.91 Å². The minimum absolute atomic E-state index is 0.0846. The van der Waals surface area contributed by atoms with Crippen molar-refractivity contribution in [2.24, 2.45) is 11.1 Å². The molecule has 0 saturated heterocycles. The molecule has 15 heavy (non-hydrogen) atoms. The molecule has 5 heteroatoms. The molecule has 0 aromatic carbocycles. The molecule has 0 unspecified atom stereocenters. The first-order valence-electron chi connectivity index (χ1n) is 5.36. The fourth-order valence-electron chi connectivity index (χ4n) is 1.93. The molecule has 1 fully saturated rings. The molecule has 1 aliphatic rings. The molecule has 0 aromatic heterocycles. The Kier molecular flexibility index (Phi) is 5.01. The van der Waals surface area contributed by atoms with Gasteiger partial charge in [0.2, 0.25) is 0 Å². The van der Waals surface area contributed by atoms with Crippen molar-refractivity contribution in [2.75, 3.05) is 26.9 Å². The molecule has 0 aromatic rings. The second-order valence-corrected chi connectivity index (χ2v) is 3.96. The summed E-state index contributed by atoms with van der Waals surface area (Å²) >= 11 is 0. The van der Waals surface area contributed by atoms with Crippen LogP contribution in [0.4, 0.5) is 0 Å². The lowest BCUT2D eigenvalue weighted by Crippen LogP contribution is -2.44. The summed E-state index contributed by atoms with van der Waals surface area (Å²) in [4.78, 5) is 16.8. The Labute approximate surface area is 90.3 Å². The highest BCUT2D eigenvalue weighted by molar-refractivity contribution is 5.82. The summed E-state index contributed by atoms with van der Waals surface area (Å²) in [5, 5.41) is 0. The second kappa shape index (κ2) is 6.05. The molecule has 0 spiro atoms. The minimum Gasteiger partial charge on any atom is -0.382 e. The van der Waals surface area contributed by atoms with Crippen molar-refractivity contribution in [3.05, 3.63) is 0 Å². The smallest absolute Gasteiger partial charge is 0.251 e. The van der Waals surface area contributed by atoms with Crippen molar-refractivity contribution in [1.82, 2.24) is 5.48 Å². The Morgan fingerprint density at radius 1 is 1.40 bits per heavy atom. The summed E-state index contributed by atoms with van der Waals surface area (Å²) in [5.41, 5.74) is 7.72. The number of ether oxygens (including phenoxy) is 1. The standard InChI is InChI=1S/C10H20N2O3/c1-14-6-7-15-12-9(13)10(8-11)4-2-3-5-10/h2-8,11H2,1H3,(H,12,13). The monoisotopic (exact) mass is 216 g/mol. The van der Waals surface area contributed by atoms with Gasteiger partial charge < -0.3 is 10.5 Å². The molecule has 0 bridgehead atoms. The molecule has 0 atom stereocenters. The fraction of sp³-hybridized carbons (Fsp3) is 0.900. The van der Waals surface area contributed by atoms with Gasteiger partial charge in [0, 0.05) is 13.7 Å². The van der Waals surface area contributed by atoms with Gasteiger partial charge in [0.05, 0.1) is 18.6 Å². The summed E-state index contributed by atoms with van der Waals surface area (Å²) < 4.78 is 4.80. The maximum Gasteiger partial charge on any atom is 0.251 e. The maximum absolute atomic E-state index is 11.8. The number of nitrogens with one attached hydrogen (secondary N) is 1. The van der Waals surface area contributed by atoms with Gasteiger partial charge in [0.15, 0.2) is 0 Å². The van der Waals surface area contributed by atoms with E-state index < -0.39 is 5.41 Å². The van der Waals surface area contributed by atoms with E-state index in [9.17, 15) is 4.79 Å². The first-order chi connectivity index (χ1) is 7.25. The molecule has 0 aliphatic heterocycles. The van der Waals surface area contributed by atoms with Gasteiger partial charge in [-0.15, -0.1) is 0 Å². The minimum atomic E-state index is -0.396. The molecule has 1 saturated carbocycles. The van der Waals surface area contributed by atoms with Crippen LogP contribution in [-0.2, 0) is 14.4 Å². The molecule has 1 aliphatic carbocycles. The van der Waals surface area contributed by atoms with Gasteiger partial charge in [-0.25, -0.2) is 5.48 Å². The summed E-state index contributed by atoms with van der Waals surface area (Å²) in [6.07, 6.45) is 3.87. The largest absolute Gasteiger partial charge is 0.382 e. The highest BCUT2D eigenvalue weighted by Crippen LogP contribution is 2.37. The van der Waals surface area contributed by atoms with Crippen LogP contribution in [0.5, 0.6) is 0 Å². The van der Waals surface area contributed by atoms with Crippen molar-refractivity contribution in [1.29, 1.82) is 0 Å². The van der Waals surface area contributed by atoms with Crippen LogP contribution in [0.25, 0.3) is 0 Å². The van der Waals surface area contributed by atoms with Crippen molar-refractivity contribution in [2.45, 2.75) is 25.7 Å². The Hall–Kier alpha value is -0.650. The summed E-state index contributed by atoms with van der Waals surface area (Å²) in [6.45, 7) is 1.23. The maximum atomic E-state index is 11.8. The zero-order valence-electron chi connectivity index (χ0n) is 9.25. The molecule has 88 valence electrons. The molecule has 1 amide bonds. The average Bonchev–Trinajstić information content (AvgIpc) is 2.74. The second-order valence-electron chi connectivity index (χ2n) is 3.96. The predicted molar refractivity (Wildman–Crippen MR) is 55.9 cm³/mol. The quantitative estimate of drug-likeness (QED) is 0.491. The number of carbonyl (C=O) groups is 1. The summed E-state index contributed by atoms with van der Waals surface area (Å²) in [7, 11) is 1.59. The molecule has 0 radical (unpaired) electrons. The Balaban J connectivity index is 2.31. The number of amides is 1. The van der Waals surface area contributed by atoms with E-state index in [0.717, 1.165) is 25.7 Å². The van der Waals surface area contributed by atoms with Gasteiger partial charge in [-0.2, -0.15) is 0 Å². The van der Waals surface area contributed by atoms with Crippen LogP contribution in [0.15, 0.2) is 0 Å². The van der Waals surface area contributed by atoms with Crippen LogP contribution in [-0.4, -0.2) is 32.8 Å². The lowest BCUT2D eigenvalue weighted by atomic mass is 9.86. The molecular formula is C10H20N2O3. The van der Waals surface area contributed by atoms with Gasteiger partial charge in [0.25, 0.3) is 5.91 Å². The zero-order chi connectivity index (χ0) is 11.1. The highest BCUT2D eigenvalue weighted by atomic mass is 16.7. The van der Waals surface area contributed by atoms with E-state index in [1.807, 2.05) is 0 Å². The third kappa shape index (κ3) is 3.15. The number of methoxy groups -OCH3 is 1. The van der Waals surface area contributed by atoms with Gasteiger partial charge in [-0.05, 0) is 12.8 Å². The zero-order valence-corrected chi connectivity index (χ0v) is 9.25. The average molecular weight is 216 g/mol. The van der Waals surface area contributed by atoms with Gasteiger partial charge in [0.1, 0.15) is 0 Å². The Bertz CT molecular complexity index is 203. The third-order valence-corrected chi connectivity index (χ3v) is 2.99. The number of hydrogen-bond donors (Lipinski definition) is 2. The number of hydroxylamine groups is 1. The van der Waals surface area contributed by atoms with E-state index in [2.05, 4.69) is 5.48 Å². The van der Waals surface area contributed by atoms with E-state index in [1.165, 1.54) is 0 Å². The van der Waals surface area contributed by atoms with E-state index >= 15 is 0 Å². The summed E-state index contributed by atoms with van der Waals surface area (Å²) in [5.74, 6) is -0.0846. The lowest BCUT2D eigenvalue weighted by molar-refractivity contribution is -0.144. The Morgan fingerprint density at radius 3 is 2.60 bits per heavy atom. The van der Waals surface area contributed by atoms with Crippen molar-refractivity contribution in [3.63, 3.8) is 0 Å². The molecule has 5 nitrogen and oxygen atoms in total. The predicted octanol–water partition coefficient (Wildman–Crippen LogP) is 0.200. The van der Waals surface area contributed by atoms with Crippen LogP contribution in [0, 0.1) is 5.41 Å². The molecule has 3 N–H and O–H groups in total. The van der Waals surface area contributed by atoms with E-state index in [0.29, 0.717) is 19.8 Å². The first kappa shape index (κ1) is 12.4. The van der Waals surface area contributed by atoms with Crippen molar-refractivity contribution in [3.8, 4) is 0 Å².